The van der Waals surface area contributed by atoms with Crippen LogP contribution in [0.3, 0.4) is 0 Å². The maximum absolute atomic E-state index is 11.2. The quantitative estimate of drug-likeness (QED) is 0.554. The average Bonchev–Trinajstić information content (AvgIpc) is 2.19. The minimum atomic E-state index is -0.493. The molecule has 0 amide bonds. The van der Waals surface area contributed by atoms with E-state index in [1.807, 2.05) is 0 Å². The van der Waals surface area contributed by atoms with Gasteiger partial charge in [0.1, 0.15) is 5.69 Å². The van der Waals surface area contributed by atoms with Crippen LogP contribution in [0.4, 0.5) is 5.69 Å². The van der Waals surface area contributed by atoms with Gasteiger partial charge < -0.3 is 10.5 Å². The van der Waals surface area contributed by atoms with Crippen LogP contribution in [-0.2, 0) is 4.74 Å². The third kappa shape index (κ3) is 2.79. The van der Waals surface area contributed by atoms with Crippen LogP contribution in [0.25, 0.3) is 0 Å². The van der Waals surface area contributed by atoms with E-state index in [1.54, 1.807) is 13.0 Å². The van der Waals surface area contributed by atoms with Gasteiger partial charge in [-0.05, 0) is 19.1 Å². The van der Waals surface area contributed by atoms with Crippen molar-refractivity contribution < 1.29 is 9.53 Å². The molecule has 0 unspecified atom stereocenters. The maximum atomic E-state index is 11.2. The molecule has 0 aliphatic carbocycles. The second-order valence-corrected chi connectivity index (χ2v) is 2.48. The van der Waals surface area contributed by atoms with Crippen LogP contribution >= 0.6 is 0 Å². The van der Waals surface area contributed by atoms with E-state index in [4.69, 9.17) is 10.5 Å². The molecule has 0 atom stereocenters. The number of ether oxygens (including phenoxy) is 1. The van der Waals surface area contributed by atoms with E-state index in [0.29, 0.717) is 5.69 Å². The van der Waals surface area contributed by atoms with Crippen LogP contribution in [-0.4, -0.2) is 17.6 Å². The summed E-state index contributed by atoms with van der Waals surface area (Å²) in [5.41, 5.74) is 6.15. The molecule has 0 spiro atoms. The third-order valence-corrected chi connectivity index (χ3v) is 1.45. The molecule has 0 saturated heterocycles. The number of esters is 1. The van der Waals surface area contributed by atoms with Crippen molar-refractivity contribution in [1.82, 2.24) is 4.98 Å². The zero-order valence-electron chi connectivity index (χ0n) is 7.78. The van der Waals surface area contributed by atoms with E-state index in [2.05, 4.69) is 16.8 Å². The Morgan fingerprint density at radius 2 is 2.43 bits per heavy atom. The van der Waals surface area contributed by atoms with Crippen molar-refractivity contribution in [2.75, 3.05) is 12.3 Å². The number of anilines is 1. The Morgan fingerprint density at radius 1 is 1.64 bits per heavy atom. The number of nitrogens with two attached hydrogens (primary N) is 1. The van der Waals surface area contributed by atoms with E-state index in [1.165, 1.54) is 12.3 Å². The second-order valence-electron chi connectivity index (χ2n) is 2.48. The molecule has 0 aliphatic heterocycles. The number of carbonyl (C=O) groups excluding carboxylic acids is 1. The summed E-state index contributed by atoms with van der Waals surface area (Å²) in [5, 5.41) is 0. The molecule has 4 heteroatoms. The van der Waals surface area contributed by atoms with Gasteiger partial charge in [-0.3, -0.25) is 0 Å². The van der Waals surface area contributed by atoms with Gasteiger partial charge in [0.2, 0.25) is 0 Å². The Balaban J connectivity index is 2.59. The average molecular weight is 190 g/mol. The van der Waals surface area contributed by atoms with Crippen molar-refractivity contribution in [3.63, 3.8) is 0 Å². The van der Waals surface area contributed by atoms with Gasteiger partial charge in [-0.2, -0.15) is 0 Å². The first-order valence-corrected chi connectivity index (χ1v) is 4.02. The highest BCUT2D eigenvalue weighted by Crippen LogP contribution is 2.02. The monoisotopic (exact) mass is 190 g/mol. The fourth-order valence-electron chi connectivity index (χ4n) is 0.774. The van der Waals surface area contributed by atoms with Crippen molar-refractivity contribution in [2.24, 2.45) is 0 Å². The van der Waals surface area contributed by atoms with Crippen molar-refractivity contribution in [1.29, 1.82) is 0 Å². The summed E-state index contributed by atoms with van der Waals surface area (Å²) < 4.78 is 4.79. The van der Waals surface area contributed by atoms with E-state index < -0.39 is 5.97 Å². The first-order chi connectivity index (χ1) is 6.74. The van der Waals surface area contributed by atoms with Crippen molar-refractivity contribution in [3.8, 4) is 11.8 Å². The molecule has 14 heavy (non-hydrogen) atoms. The molecule has 0 radical (unpaired) electrons. The van der Waals surface area contributed by atoms with Gasteiger partial charge in [-0.1, -0.05) is 5.92 Å². The molecule has 0 aliphatic rings. The molecule has 1 aromatic heterocycles. The molecular weight excluding hydrogens is 180 g/mol. The molecule has 2 N–H and O–H groups in total. The molecule has 4 nitrogen and oxygen atoms in total. The summed E-state index contributed by atoms with van der Waals surface area (Å²) >= 11 is 0. The summed E-state index contributed by atoms with van der Waals surface area (Å²) in [4.78, 5) is 15.0. The largest absolute Gasteiger partial charge is 0.448 e. The summed E-state index contributed by atoms with van der Waals surface area (Å²) in [6, 6.07) is 3.10. The molecule has 1 rings (SSSR count). The Bertz CT molecular complexity index is 373. The van der Waals surface area contributed by atoms with Crippen LogP contribution in [0, 0.1) is 11.8 Å². The lowest BCUT2D eigenvalue weighted by Gasteiger charge is -1.99. The maximum Gasteiger partial charge on any atom is 0.357 e. The lowest BCUT2D eigenvalue weighted by atomic mass is 10.3. The number of carbonyl (C=O) groups is 1. The molecule has 0 fully saturated rings. The van der Waals surface area contributed by atoms with Gasteiger partial charge in [0.25, 0.3) is 0 Å². The van der Waals surface area contributed by atoms with Crippen molar-refractivity contribution in [2.45, 2.75) is 6.92 Å². The predicted octanol–water partition coefficient (Wildman–Crippen LogP) is 0.844. The van der Waals surface area contributed by atoms with E-state index in [9.17, 15) is 4.79 Å². The number of nitrogens with zero attached hydrogens (tertiary/aromatic N) is 1. The highest BCUT2D eigenvalue weighted by atomic mass is 16.5. The number of pyridine rings is 1. The Morgan fingerprint density at radius 3 is 3.00 bits per heavy atom. The number of rotatable bonds is 2. The van der Waals surface area contributed by atoms with Gasteiger partial charge in [-0.25, -0.2) is 9.78 Å². The lowest BCUT2D eigenvalue weighted by Crippen LogP contribution is -2.07. The molecule has 1 aromatic rings. The number of nitrogen functional groups attached to an aromatic ring is 1. The highest BCUT2D eigenvalue weighted by molar-refractivity contribution is 5.87. The van der Waals surface area contributed by atoms with E-state index >= 15 is 0 Å². The topological polar surface area (TPSA) is 65.2 Å². The Hall–Kier alpha value is -2.02. The lowest BCUT2D eigenvalue weighted by molar-refractivity contribution is 0.0550. The number of hydrogen-bond acceptors (Lipinski definition) is 4. The zero-order valence-corrected chi connectivity index (χ0v) is 7.78. The van der Waals surface area contributed by atoms with Crippen LogP contribution in [0.15, 0.2) is 18.3 Å². The first kappa shape index (κ1) is 10.1. The minimum Gasteiger partial charge on any atom is -0.448 e. The number of aromatic nitrogens is 1. The van der Waals surface area contributed by atoms with Crippen LogP contribution in [0.2, 0.25) is 0 Å². The van der Waals surface area contributed by atoms with Gasteiger partial charge >= 0.3 is 5.97 Å². The number of hydrogen-bond donors (Lipinski definition) is 1. The second kappa shape index (κ2) is 4.87. The fraction of sp³-hybridized carbons (Fsp3) is 0.200. The Labute approximate surface area is 82.1 Å². The summed E-state index contributed by atoms with van der Waals surface area (Å²) in [5.74, 6) is 4.74. The van der Waals surface area contributed by atoms with Gasteiger partial charge in [0.05, 0.1) is 11.9 Å². The zero-order chi connectivity index (χ0) is 10.4. The Kier molecular flexibility index (Phi) is 3.50. The summed E-state index contributed by atoms with van der Waals surface area (Å²) in [7, 11) is 0. The molecule has 0 bridgehead atoms. The van der Waals surface area contributed by atoms with E-state index in [0.717, 1.165) is 0 Å². The van der Waals surface area contributed by atoms with Gasteiger partial charge in [0, 0.05) is 0 Å². The molecule has 1 heterocycles. The van der Waals surface area contributed by atoms with Gasteiger partial charge in [0.15, 0.2) is 6.61 Å². The predicted molar refractivity (Wildman–Crippen MR) is 52.4 cm³/mol. The highest BCUT2D eigenvalue weighted by Gasteiger charge is 2.06. The smallest absolute Gasteiger partial charge is 0.357 e. The van der Waals surface area contributed by atoms with Gasteiger partial charge in [-0.15, -0.1) is 5.92 Å². The third-order valence-electron chi connectivity index (χ3n) is 1.45. The fourth-order valence-corrected chi connectivity index (χ4v) is 0.774. The minimum absolute atomic E-state index is 0.0847. The normalized spacial score (nSPS) is 8.64. The van der Waals surface area contributed by atoms with Crippen LogP contribution in [0.5, 0.6) is 0 Å². The van der Waals surface area contributed by atoms with Crippen LogP contribution in [0.1, 0.15) is 17.4 Å². The SMILES string of the molecule is CC#CCOC(=O)c1ccc(N)cn1. The van der Waals surface area contributed by atoms with Crippen LogP contribution < -0.4 is 5.73 Å². The summed E-state index contributed by atoms with van der Waals surface area (Å²) in [6.45, 7) is 1.76. The molecule has 0 saturated carbocycles. The molecular formula is C10H10N2O2. The van der Waals surface area contributed by atoms with E-state index in [-0.39, 0.29) is 12.3 Å². The molecule has 0 aromatic carbocycles. The van der Waals surface area contributed by atoms with Crippen molar-refractivity contribution in [3.05, 3.63) is 24.0 Å². The molecule has 72 valence electrons. The van der Waals surface area contributed by atoms with Crippen molar-refractivity contribution >= 4 is 11.7 Å². The standard InChI is InChI=1S/C10H10N2O2/c1-2-3-6-14-10(13)9-5-4-8(11)7-12-9/h4-5,7H,6,11H2,1H3. The first-order valence-electron chi connectivity index (χ1n) is 4.02. The summed E-state index contributed by atoms with van der Waals surface area (Å²) in [6.07, 6.45) is 1.40.